The van der Waals surface area contributed by atoms with Crippen LogP contribution < -0.4 is 14.4 Å². The van der Waals surface area contributed by atoms with E-state index < -0.39 is 16.1 Å². The number of rotatable bonds is 10. The molecule has 0 spiro atoms. The summed E-state index contributed by atoms with van der Waals surface area (Å²) in [5.74, 6) is 0.968. The maximum Gasteiger partial charge on any atom is 0.243 e. The highest BCUT2D eigenvalue weighted by atomic mass is 32.2. The van der Waals surface area contributed by atoms with Crippen molar-refractivity contribution in [3.63, 3.8) is 0 Å². The van der Waals surface area contributed by atoms with Crippen LogP contribution in [0.15, 0.2) is 54.6 Å². The first-order valence-electron chi connectivity index (χ1n) is 10.7. The standard InChI is InChI=1S/C23H31N3O4S/c1-19(23(27)24-15-8-18-25-16-6-7-17-25)26(31(2,28)29)20-11-13-22(14-12-20)30-21-9-4-3-5-10-21/h3-5,9-14,19H,6-8,15-18H2,1-2H3,(H,24,27). The molecule has 1 fully saturated rings. The maximum atomic E-state index is 12.7. The van der Waals surface area contributed by atoms with Crippen LogP contribution in [0.1, 0.15) is 26.2 Å². The zero-order valence-electron chi connectivity index (χ0n) is 18.2. The Labute approximate surface area is 185 Å². The summed E-state index contributed by atoms with van der Waals surface area (Å²) in [6.45, 7) is 5.33. The summed E-state index contributed by atoms with van der Waals surface area (Å²) >= 11 is 0. The van der Waals surface area contributed by atoms with E-state index in [9.17, 15) is 13.2 Å². The van der Waals surface area contributed by atoms with Crippen molar-refractivity contribution in [2.75, 3.05) is 36.7 Å². The lowest BCUT2D eigenvalue weighted by Gasteiger charge is -2.28. The molecule has 0 aliphatic carbocycles. The number of para-hydroxylation sites is 1. The molecule has 0 bridgehead atoms. The van der Waals surface area contributed by atoms with Crippen LogP contribution in [0.3, 0.4) is 0 Å². The molecule has 1 aliphatic heterocycles. The summed E-state index contributed by atoms with van der Waals surface area (Å²) in [6.07, 6.45) is 4.44. The number of carbonyl (C=O) groups is 1. The second kappa shape index (κ2) is 10.6. The highest BCUT2D eigenvalue weighted by molar-refractivity contribution is 7.92. The van der Waals surface area contributed by atoms with Crippen molar-refractivity contribution in [1.29, 1.82) is 0 Å². The number of likely N-dealkylation sites (tertiary alicyclic amines) is 1. The van der Waals surface area contributed by atoms with Crippen molar-refractivity contribution in [3.8, 4) is 11.5 Å². The Bertz CT molecular complexity index is 943. The van der Waals surface area contributed by atoms with Gasteiger partial charge in [0.15, 0.2) is 0 Å². The molecule has 1 unspecified atom stereocenters. The first kappa shape index (κ1) is 23.1. The molecule has 31 heavy (non-hydrogen) atoms. The number of amides is 1. The number of hydrogen-bond donors (Lipinski definition) is 1. The number of nitrogens with one attached hydrogen (secondary N) is 1. The van der Waals surface area contributed by atoms with Crippen LogP contribution in [0.5, 0.6) is 11.5 Å². The third-order valence-corrected chi connectivity index (χ3v) is 6.55. The Balaban J connectivity index is 1.61. The minimum Gasteiger partial charge on any atom is -0.457 e. The molecule has 168 valence electrons. The Morgan fingerprint density at radius 3 is 2.29 bits per heavy atom. The van der Waals surface area contributed by atoms with Crippen molar-refractivity contribution in [2.24, 2.45) is 0 Å². The molecule has 0 radical (unpaired) electrons. The lowest BCUT2D eigenvalue weighted by molar-refractivity contribution is -0.121. The van der Waals surface area contributed by atoms with Gasteiger partial charge in [-0.05, 0) is 82.2 Å². The highest BCUT2D eigenvalue weighted by Gasteiger charge is 2.29. The maximum absolute atomic E-state index is 12.7. The van der Waals surface area contributed by atoms with Crippen LogP contribution in [0.2, 0.25) is 0 Å². The Morgan fingerprint density at radius 2 is 1.68 bits per heavy atom. The van der Waals surface area contributed by atoms with Crippen molar-refractivity contribution < 1.29 is 17.9 Å². The normalized spacial score (nSPS) is 15.4. The van der Waals surface area contributed by atoms with Gasteiger partial charge < -0.3 is 15.0 Å². The summed E-state index contributed by atoms with van der Waals surface area (Å²) in [5, 5.41) is 2.88. The smallest absolute Gasteiger partial charge is 0.243 e. The predicted octanol–water partition coefficient (Wildman–Crippen LogP) is 3.24. The van der Waals surface area contributed by atoms with Crippen LogP contribution in [-0.2, 0) is 14.8 Å². The zero-order chi connectivity index (χ0) is 22.3. The molecule has 1 amide bonds. The van der Waals surface area contributed by atoms with E-state index in [0.29, 0.717) is 23.7 Å². The fourth-order valence-electron chi connectivity index (χ4n) is 3.76. The summed E-state index contributed by atoms with van der Waals surface area (Å²) in [4.78, 5) is 15.0. The van der Waals surface area contributed by atoms with Crippen molar-refractivity contribution in [2.45, 2.75) is 32.2 Å². The van der Waals surface area contributed by atoms with Gasteiger partial charge in [-0.1, -0.05) is 18.2 Å². The summed E-state index contributed by atoms with van der Waals surface area (Å²) in [7, 11) is -3.65. The molecule has 3 rings (SSSR count). The van der Waals surface area contributed by atoms with Crippen LogP contribution >= 0.6 is 0 Å². The molecule has 2 aromatic rings. The monoisotopic (exact) mass is 445 g/mol. The van der Waals surface area contributed by atoms with Crippen LogP contribution in [0.25, 0.3) is 0 Å². The molecule has 1 atom stereocenters. The number of sulfonamides is 1. The van der Waals surface area contributed by atoms with Crippen LogP contribution in [0, 0.1) is 0 Å². The van der Waals surface area contributed by atoms with E-state index in [2.05, 4.69) is 10.2 Å². The molecule has 1 aliphatic rings. The molecule has 1 N–H and O–H groups in total. The molecular formula is C23H31N3O4S. The van der Waals surface area contributed by atoms with E-state index in [1.165, 1.54) is 12.8 Å². The summed E-state index contributed by atoms with van der Waals surface area (Å²) in [6, 6.07) is 15.2. The third kappa shape index (κ3) is 6.70. The fraction of sp³-hybridized carbons (Fsp3) is 0.435. The van der Waals surface area contributed by atoms with Gasteiger partial charge in [-0.25, -0.2) is 8.42 Å². The van der Waals surface area contributed by atoms with Crippen molar-refractivity contribution in [3.05, 3.63) is 54.6 Å². The molecular weight excluding hydrogens is 414 g/mol. The molecule has 7 nitrogen and oxygen atoms in total. The molecule has 0 saturated carbocycles. The quantitative estimate of drug-likeness (QED) is 0.568. The van der Waals surface area contributed by atoms with E-state index in [1.54, 1.807) is 31.2 Å². The Hall–Kier alpha value is -2.58. The number of anilines is 1. The SMILES string of the molecule is CC(C(=O)NCCCN1CCCC1)N(c1ccc(Oc2ccccc2)cc1)S(C)(=O)=O. The van der Waals surface area contributed by atoms with Gasteiger partial charge in [-0.3, -0.25) is 9.10 Å². The minimum absolute atomic E-state index is 0.309. The topological polar surface area (TPSA) is 79.0 Å². The van der Waals surface area contributed by atoms with Gasteiger partial charge in [0.05, 0.1) is 11.9 Å². The number of carbonyl (C=O) groups excluding carboxylic acids is 1. The first-order valence-corrected chi connectivity index (χ1v) is 12.5. The zero-order valence-corrected chi connectivity index (χ0v) is 19.0. The molecule has 2 aromatic carbocycles. The largest absolute Gasteiger partial charge is 0.457 e. The number of hydrogen-bond acceptors (Lipinski definition) is 5. The Kier molecular flexibility index (Phi) is 7.92. The third-order valence-electron chi connectivity index (χ3n) is 5.31. The predicted molar refractivity (Wildman–Crippen MR) is 123 cm³/mol. The van der Waals surface area contributed by atoms with Crippen molar-refractivity contribution in [1.82, 2.24) is 10.2 Å². The number of benzene rings is 2. The summed E-state index contributed by atoms with van der Waals surface area (Å²) in [5.41, 5.74) is 0.419. The highest BCUT2D eigenvalue weighted by Crippen LogP contribution is 2.26. The van der Waals surface area contributed by atoms with E-state index in [4.69, 9.17) is 4.74 Å². The molecule has 0 aromatic heterocycles. The molecule has 8 heteroatoms. The van der Waals surface area contributed by atoms with E-state index >= 15 is 0 Å². The van der Waals surface area contributed by atoms with E-state index in [1.807, 2.05) is 30.3 Å². The van der Waals surface area contributed by atoms with Gasteiger partial charge in [-0.15, -0.1) is 0 Å². The average molecular weight is 446 g/mol. The van der Waals surface area contributed by atoms with Gasteiger partial charge in [0.2, 0.25) is 15.9 Å². The van der Waals surface area contributed by atoms with Crippen LogP contribution in [-0.4, -0.2) is 57.7 Å². The lowest BCUT2D eigenvalue weighted by atomic mass is 10.2. The lowest BCUT2D eigenvalue weighted by Crippen LogP contribution is -2.48. The van der Waals surface area contributed by atoms with Gasteiger partial charge in [0.1, 0.15) is 17.5 Å². The molecule has 1 heterocycles. The first-order chi connectivity index (χ1) is 14.8. The average Bonchev–Trinajstić information content (AvgIpc) is 3.26. The summed E-state index contributed by atoms with van der Waals surface area (Å²) < 4.78 is 31.8. The van der Waals surface area contributed by atoms with Gasteiger partial charge in [-0.2, -0.15) is 0 Å². The second-order valence-corrected chi connectivity index (χ2v) is 9.70. The number of ether oxygens (including phenoxy) is 1. The fourth-order valence-corrected chi connectivity index (χ4v) is 4.94. The van der Waals surface area contributed by atoms with Gasteiger partial charge >= 0.3 is 0 Å². The second-order valence-electron chi connectivity index (χ2n) is 7.84. The molecule has 1 saturated heterocycles. The van der Waals surface area contributed by atoms with Gasteiger partial charge in [0.25, 0.3) is 0 Å². The minimum atomic E-state index is -3.65. The van der Waals surface area contributed by atoms with Crippen LogP contribution in [0.4, 0.5) is 5.69 Å². The Morgan fingerprint density at radius 1 is 1.06 bits per heavy atom. The van der Waals surface area contributed by atoms with E-state index in [-0.39, 0.29) is 5.91 Å². The van der Waals surface area contributed by atoms with E-state index in [0.717, 1.165) is 36.6 Å². The number of nitrogens with zero attached hydrogens (tertiary/aromatic N) is 2. The van der Waals surface area contributed by atoms with Crippen molar-refractivity contribution >= 4 is 21.6 Å². The van der Waals surface area contributed by atoms with Gasteiger partial charge in [0, 0.05) is 6.54 Å².